The standard InChI is InChI=1S/C19H21N3O6S/c1-10(12-4-5-13-14(8-12)28-7-6-27-13)20-15(23)9-29-17-16(18(24)26-3)11(2)21-19(25)22-17/h4-5,8,10H,6-7,9H2,1-3H3,(H,20,23)(H,21,22,25)/t10-/m0/s1. The fourth-order valence-corrected chi connectivity index (χ4v) is 3.72. The number of rotatable bonds is 6. The molecule has 0 radical (unpaired) electrons. The molecule has 1 aromatic heterocycles. The van der Waals surface area contributed by atoms with E-state index < -0.39 is 11.7 Å². The van der Waals surface area contributed by atoms with Gasteiger partial charge in [0.25, 0.3) is 0 Å². The van der Waals surface area contributed by atoms with Crippen LogP contribution in [0, 0.1) is 6.92 Å². The maximum atomic E-state index is 12.4. The first kappa shape index (κ1) is 20.7. The molecule has 0 fully saturated rings. The van der Waals surface area contributed by atoms with E-state index in [1.807, 2.05) is 25.1 Å². The van der Waals surface area contributed by atoms with E-state index in [1.54, 1.807) is 6.92 Å². The van der Waals surface area contributed by atoms with Crippen molar-refractivity contribution in [2.45, 2.75) is 24.9 Å². The zero-order valence-corrected chi connectivity index (χ0v) is 17.1. The highest BCUT2D eigenvalue weighted by Crippen LogP contribution is 2.32. The third-order valence-electron chi connectivity index (χ3n) is 4.26. The number of nitrogens with one attached hydrogen (secondary N) is 2. The summed E-state index contributed by atoms with van der Waals surface area (Å²) in [5, 5.41) is 3.03. The number of benzene rings is 1. The number of thioether (sulfide) groups is 1. The summed E-state index contributed by atoms with van der Waals surface area (Å²) in [6.45, 7) is 4.42. The summed E-state index contributed by atoms with van der Waals surface area (Å²) in [6, 6.07) is 5.24. The molecule has 0 saturated carbocycles. The molecule has 0 unspecified atom stereocenters. The van der Waals surface area contributed by atoms with Crippen molar-refractivity contribution < 1.29 is 23.8 Å². The molecule has 29 heavy (non-hydrogen) atoms. The minimum absolute atomic E-state index is 0.0191. The number of carbonyl (C=O) groups excluding carboxylic acids is 2. The van der Waals surface area contributed by atoms with Crippen LogP contribution in [0.2, 0.25) is 0 Å². The monoisotopic (exact) mass is 419 g/mol. The number of H-pyrrole nitrogens is 1. The average Bonchev–Trinajstić information content (AvgIpc) is 2.71. The Bertz CT molecular complexity index is 990. The van der Waals surface area contributed by atoms with Crippen molar-refractivity contribution >= 4 is 23.6 Å². The topological polar surface area (TPSA) is 120 Å². The van der Waals surface area contributed by atoms with Gasteiger partial charge < -0.3 is 24.5 Å². The molecule has 2 heterocycles. The van der Waals surface area contributed by atoms with E-state index in [-0.39, 0.29) is 28.3 Å². The van der Waals surface area contributed by atoms with Crippen molar-refractivity contribution in [3.8, 4) is 11.5 Å². The minimum Gasteiger partial charge on any atom is -0.486 e. The molecule has 2 aromatic rings. The Kier molecular flexibility index (Phi) is 6.42. The second kappa shape index (κ2) is 8.99. The molecule has 0 aliphatic carbocycles. The first-order valence-electron chi connectivity index (χ1n) is 8.90. The van der Waals surface area contributed by atoms with Gasteiger partial charge in [-0.05, 0) is 31.5 Å². The van der Waals surface area contributed by atoms with Crippen LogP contribution in [0.1, 0.15) is 34.6 Å². The van der Waals surface area contributed by atoms with Crippen LogP contribution in [-0.4, -0.2) is 47.9 Å². The van der Waals surface area contributed by atoms with Gasteiger partial charge in [-0.15, -0.1) is 0 Å². The van der Waals surface area contributed by atoms with Crippen LogP contribution in [-0.2, 0) is 9.53 Å². The van der Waals surface area contributed by atoms with Crippen LogP contribution in [0.4, 0.5) is 0 Å². The third-order valence-corrected chi connectivity index (χ3v) is 5.23. The van der Waals surface area contributed by atoms with Crippen LogP contribution in [0.3, 0.4) is 0 Å². The predicted molar refractivity (Wildman–Crippen MR) is 106 cm³/mol. The third kappa shape index (κ3) is 4.89. The fourth-order valence-electron chi connectivity index (χ4n) is 2.84. The Morgan fingerprint density at radius 1 is 1.31 bits per heavy atom. The van der Waals surface area contributed by atoms with E-state index in [2.05, 4.69) is 15.3 Å². The maximum Gasteiger partial charge on any atom is 0.346 e. The van der Waals surface area contributed by atoms with E-state index in [9.17, 15) is 14.4 Å². The summed E-state index contributed by atoms with van der Waals surface area (Å²) in [5.41, 5.74) is 0.755. The number of aryl methyl sites for hydroxylation is 1. The van der Waals surface area contributed by atoms with Gasteiger partial charge in [-0.3, -0.25) is 4.79 Å². The maximum absolute atomic E-state index is 12.4. The number of nitrogens with zero attached hydrogens (tertiary/aromatic N) is 1. The smallest absolute Gasteiger partial charge is 0.346 e. The largest absolute Gasteiger partial charge is 0.486 e. The highest BCUT2D eigenvalue weighted by Gasteiger charge is 2.20. The number of carbonyl (C=O) groups is 2. The Morgan fingerprint density at radius 3 is 2.76 bits per heavy atom. The Balaban J connectivity index is 1.66. The molecule has 9 nitrogen and oxygen atoms in total. The summed E-state index contributed by atoms with van der Waals surface area (Å²) in [5.74, 6) is 0.413. The van der Waals surface area contributed by atoms with Crippen LogP contribution in [0.25, 0.3) is 0 Å². The zero-order chi connectivity index (χ0) is 21.0. The Hall–Kier alpha value is -3.01. The normalized spacial score (nSPS) is 13.5. The minimum atomic E-state index is -0.626. The van der Waals surface area contributed by atoms with Crippen LogP contribution in [0.15, 0.2) is 28.0 Å². The summed E-state index contributed by atoms with van der Waals surface area (Å²) in [7, 11) is 1.24. The van der Waals surface area contributed by atoms with Gasteiger partial charge in [-0.25, -0.2) is 9.59 Å². The second-order valence-electron chi connectivity index (χ2n) is 6.32. The number of aromatic amines is 1. The van der Waals surface area contributed by atoms with Crippen molar-refractivity contribution in [3.63, 3.8) is 0 Å². The van der Waals surface area contributed by atoms with E-state index in [4.69, 9.17) is 14.2 Å². The zero-order valence-electron chi connectivity index (χ0n) is 16.2. The highest BCUT2D eigenvalue weighted by atomic mass is 32.2. The number of ether oxygens (including phenoxy) is 3. The first-order valence-corrected chi connectivity index (χ1v) is 9.88. The molecule has 1 aliphatic rings. The van der Waals surface area contributed by atoms with Crippen LogP contribution in [0.5, 0.6) is 11.5 Å². The molecule has 1 aromatic carbocycles. The van der Waals surface area contributed by atoms with Gasteiger partial charge >= 0.3 is 11.7 Å². The highest BCUT2D eigenvalue weighted by molar-refractivity contribution is 8.00. The van der Waals surface area contributed by atoms with E-state index >= 15 is 0 Å². The quantitative estimate of drug-likeness (QED) is 0.412. The van der Waals surface area contributed by atoms with Crippen LogP contribution < -0.4 is 20.5 Å². The SMILES string of the molecule is COC(=O)c1c(SCC(=O)N[C@@H](C)c2ccc3c(c2)OCCO3)nc(=O)[nH]c1C. The molecule has 2 N–H and O–H groups in total. The number of methoxy groups -OCH3 is 1. The molecule has 3 rings (SSSR count). The number of hydrogen-bond acceptors (Lipinski definition) is 8. The van der Waals surface area contributed by atoms with Gasteiger partial charge in [0, 0.05) is 5.69 Å². The lowest BCUT2D eigenvalue weighted by Crippen LogP contribution is -2.28. The van der Waals surface area contributed by atoms with Gasteiger partial charge in [0.2, 0.25) is 5.91 Å². The molecular formula is C19H21N3O6S. The molecule has 1 amide bonds. The van der Waals surface area contributed by atoms with Gasteiger partial charge in [0.15, 0.2) is 11.5 Å². The number of hydrogen-bond donors (Lipinski definition) is 2. The van der Waals surface area contributed by atoms with E-state index in [0.29, 0.717) is 30.4 Å². The predicted octanol–water partition coefficient (Wildman–Crippen LogP) is 1.61. The van der Waals surface area contributed by atoms with E-state index in [0.717, 1.165) is 17.3 Å². The van der Waals surface area contributed by atoms with Crippen LogP contribution >= 0.6 is 11.8 Å². The van der Waals surface area contributed by atoms with Crippen molar-refractivity contribution in [3.05, 3.63) is 45.5 Å². The second-order valence-corrected chi connectivity index (χ2v) is 7.28. The van der Waals surface area contributed by atoms with Gasteiger partial charge in [0.1, 0.15) is 23.8 Å². The molecule has 1 aliphatic heterocycles. The number of amides is 1. The summed E-state index contributed by atoms with van der Waals surface area (Å²) in [4.78, 5) is 42.3. The molecule has 0 saturated heterocycles. The van der Waals surface area contributed by atoms with Gasteiger partial charge in [-0.1, -0.05) is 17.8 Å². The lowest BCUT2D eigenvalue weighted by Gasteiger charge is -2.21. The fraction of sp³-hybridized carbons (Fsp3) is 0.368. The number of aromatic nitrogens is 2. The van der Waals surface area contributed by atoms with Gasteiger partial charge in [0.05, 0.1) is 18.9 Å². The Morgan fingerprint density at radius 2 is 2.03 bits per heavy atom. The molecule has 10 heteroatoms. The average molecular weight is 419 g/mol. The first-order chi connectivity index (χ1) is 13.9. The molecule has 0 spiro atoms. The molecule has 1 atom stereocenters. The number of esters is 1. The van der Waals surface area contributed by atoms with Crippen molar-refractivity contribution in [2.75, 3.05) is 26.1 Å². The summed E-state index contributed by atoms with van der Waals surface area (Å²) < 4.78 is 15.8. The van der Waals surface area contributed by atoms with E-state index in [1.165, 1.54) is 7.11 Å². The van der Waals surface area contributed by atoms with Crippen molar-refractivity contribution in [2.24, 2.45) is 0 Å². The molecule has 0 bridgehead atoms. The summed E-state index contributed by atoms with van der Waals surface area (Å²) >= 11 is 0.999. The molecule has 154 valence electrons. The number of fused-ring (bicyclic) bond motifs is 1. The van der Waals surface area contributed by atoms with Gasteiger partial charge in [-0.2, -0.15) is 4.98 Å². The molecular weight excluding hydrogens is 398 g/mol. The lowest BCUT2D eigenvalue weighted by molar-refractivity contribution is -0.119. The Labute approximate surface area is 171 Å². The van der Waals surface area contributed by atoms with Crippen molar-refractivity contribution in [1.29, 1.82) is 0 Å². The van der Waals surface area contributed by atoms with Crippen molar-refractivity contribution in [1.82, 2.24) is 15.3 Å². The summed E-state index contributed by atoms with van der Waals surface area (Å²) in [6.07, 6.45) is 0. The lowest BCUT2D eigenvalue weighted by atomic mass is 10.1.